The predicted molar refractivity (Wildman–Crippen MR) is 93.1 cm³/mol. The molecule has 0 fully saturated rings. The van der Waals surface area contributed by atoms with Gasteiger partial charge in [-0.15, -0.1) is 0 Å². The van der Waals surface area contributed by atoms with Crippen molar-refractivity contribution in [3.05, 3.63) is 60.2 Å². The second-order valence-electron chi connectivity index (χ2n) is 5.76. The first kappa shape index (κ1) is 21.4. The number of esters is 2. The van der Waals surface area contributed by atoms with Gasteiger partial charge in [-0.2, -0.15) is 0 Å². The Hall–Kier alpha value is -2.92. The monoisotopic (exact) mass is 392 g/mol. The lowest BCUT2D eigenvalue weighted by molar-refractivity contribution is -0.127. The maximum absolute atomic E-state index is 12.2. The molecule has 2 aromatic rings. The topological polar surface area (TPSA) is 159 Å². The average molecular weight is 392 g/mol. The molecule has 28 heavy (non-hydrogen) atoms. The average Bonchev–Trinajstić information content (AvgIpc) is 2.75. The van der Waals surface area contributed by atoms with Gasteiger partial charge in [0.15, 0.2) is 6.10 Å². The van der Waals surface area contributed by atoms with Crippen molar-refractivity contribution in [2.24, 2.45) is 0 Å². The van der Waals surface area contributed by atoms with Crippen molar-refractivity contribution in [2.75, 3.05) is 13.2 Å². The van der Waals surface area contributed by atoms with Crippen LogP contribution in [0.25, 0.3) is 0 Å². The normalized spacial score (nSPS) is 15.1. The Labute approximate surface area is 160 Å². The number of hydrogen-bond acceptors (Lipinski definition) is 10. The van der Waals surface area contributed by atoms with Crippen molar-refractivity contribution >= 4 is 11.9 Å². The van der Waals surface area contributed by atoms with Crippen molar-refractivity contribution in [1.82, 2.24) is 9.97 Å². The molecule has 0 bridgehead atoms. The fourth-order valence-corrected chi connectivity index (χ4v) is 2.17. The van der Waals surface area contributed by atoms with Gasteiger partial charge in [0.2, 0.25) is 0 Å². The van der Waals surface area contributed by atoms with Gasteiger partial charge in [0.1, 0.15) is 24.9 Å². The zero-order valence-electron chi connectivity index (χ0n) is 14.7. The highest BCUT2D eigenvalue weighted by Crippen LogP contribution is 2.13. The van der Waals surface area contributed by atoms with Crippen LogP contribution in [0.2, 0.25) is 0 Å². The summed E-state index contributed by atoms with van der Waals surface area (Å²) in [6.45, 7) is -1.45. The molecule has 0 aromatic carbocycles. The minimum Gasteiger partial charge on any atom is -0.458 e. The molecule has 0 aliphatic heterocycles. The highest BCUT2D eigenvalue weighted by Gasteiger charge is 2.35. The third kappa shape index (κ3) is 5.79. The Morgan fingerprint density at radius 3 is 2.00 bits per heavy atom. The van der Waals surface area contributed by atoms with Crippen molar-refractivity contribution in [1.29, 1.82) is 0 Å². The van der Waals surface area contributed by atoms with Gasteiger partial charge in [0.25, 0.3) is 0 Å². The number of aliphatic hydroxyl groups is 4. The van der Waals surface area contributed by atoms with Gasteiger partial charge in [0.05, 0.1) is 17.7 Å². The number of pyridine rings is 2. The number of aromatic nitrogens is 2. The summed E-state index contributed by atoms with van der Waals surface area (Å²) in [6, 6.07) is 5.88. The summed E-state index contributed by atoms with van der Waals surface area (Å²) >= 11 is 0. The summed E-state index contributed by atoms with van der Waals surface area (Å²) in [5, 5.41) is 38.6. The smallest absolute Gasteiger partial charge is 0.340 e. The summed E-state index contributed by atoms with van der Waals surface area (Å²) in [5.41, 5.74) is 0.195. The van der Waals surface area contributed by atoms with Crippen LogP contribution in [0.1, 0.15) is 20.7 Å². The standard InChI is InChI=1S/C18H20N2O8/c21-9-13(22)15(23)16(24)14(28-18(26)12-4-2-6-20-8-12)10-27-17(25)11-3-1-5-19-7-11/h1-8,13-16,21-24H,9-10H2/t13-,14-,15-,16-/m1/s1. The number of nitrogens with zero attached hydrogens (tertiary/aromatic N) is 2. The van der Waals surface area contributed by atoms with Crippen LogP contribution in [0.5, 0.6) is 0 Å². The van der Waals surface area contributed by atoms with E-state index < -0.39 is 49.6 Å². The number of aliphatic hydroxyl groups excluding tert-OH is 4. The zero-order chi connectivity index (χ0) is 20.5. The van der Waals surface area contributed by atoms with Gasteiger partial charge in [-0.25, -0.2) is 9.59 Å². The van der Waals surface area contributed by atoms with E-state index in [9.17, 15) is 24.9 Å². The fraction of sp³-hybridized carbons (Fsp3) is 0.333. The van der Waals surface area contributed by atoms with Gasteiger partial charge in [-0.3, -0.25) is 9.97 Å². The molecular weight excluding hydrogens is 372 g/mol. The summed E-state index contributed by atoms with van der Waals surface area (Å²) in [5.74, 6) is -1.68. The third-order valence-corrected chi connectivity index (χ3v) is 3.74. The van der Waals surface area contributed by atoms with Crippen molar-refractivity contribution in [3.8, 4) is 0 Å². The van der Waals surface area contributed by atoms with E-state index >= 15 is 0 Å². The molecule has 0 unspecified atom stereocenters. The highest BCUT2D eigenvalue weighted by atomic mass is 16.6. The quantitative estimate of drug-likeness (QED) is 0.387. The molecule has 0 saturated heterocycles. The Balaban J connectivity index is 2.11. The van der Waals surface area contributed by atoms with Crippen LogP contribution in [-0.4, -0.2) is 80.0 Å². The summed E-state index contributed by atoms with van der Waals surface area (Å²) in [4.78, 5) is 31.8. The lowest BCUT2D eigenvalue weighted by Gasteiger charge is -2.28. The molecule has 0 aliphatic rings. The SMILES string of the molecule is O=C(OC[C@@H](OC(=O)c1cccnc1)[C@@H](O)[C@H](O)[C@H](O)CO)c1cccnc1. The van der Waals surface area contributed by atoms with Crippen LogP contribution in [0.15, 0.2) is 49.1 Å². The maximum Gasteiger partial charge on any atom is 0.340 e. The summed E-state index contributed by atoms with van der Waals surface area (Å²) in [6.07, 6.45) is -1.51. The van der Waals surface area contributed by atoms with E-state index in [4.69, 9.17) is 14.6 Å². The van der Waals surface area contributed by atoms with Gasteiger partial charge in [-0.05, 0) is 24.3 Å². The first-order chi connectivity index (χ1) is 13.4. The molecule has 2 rings (SSSR count). The molecule has 150 valence electrons. The van der Waals surface area contributed by atoms with E-state index in [0.29, 0.717) is 0 Å². The third-order valence-electron chi connectivity index (χ3n) is 3.74. The Morgan fingerprint density at radius 2 is 1.50 bits per heavy atom. The van der Waals surface area contributed by atoms with Crippen LogP contribution in [0, 0.1) is 0 Å². The molecule has 0 spiro atoms. The van der Waals surface area contributed by atoms with E-state index in [1.54, 1.807) is 0 Å². The van der Waals surface area contributed by atoms with E-state index in [0.717, 1.165) is 0 Å². The van der Waals surface area contributed by atoms with E-state index in [1.165, 1.54) is 49.1 Å². The van der Waals surface area contributed by atoms with Gasteiger partial charge in [-0.1, -0.05) is 0 Å². The lowest BCUT2D eigenvalue weighted by atomic mass is 10.0. The van der Waals surface area contributed by atoms with Crippen LogP contribution >= 0.6 is 0 Å². The van der Waals surface area contributed by atoms with Gasteiger partial charge >= 0.3 is 11.9 Å². The second-order valence-corrected chi connectivity index (χ2v) is 5.76. The first-order valence-electron chi connectivity index (χ1n) is 8.27. The molecule has 0 saturated carbocycles. The molecule has 4 atom stereocenters. The van der Waals surface area contributed by atoms with Crippen molar-refractivity contribution < 1.29 is 39.5 Å². The number of carbonyl (C=O) groups excluding carboxylic acids is 2. The molecular formula is C18H20N2O8. The van der Waals surface area contributed by atoms with Crippen LogP contribution in [-0.2, 0) is 9.47 Å². The predicted octanol–water partition coefficient (Wildman–Crippen LogP) is -1.07. The van der Waals surface area contributed by atoms with Crippen molar-refractivity contribution in [3.63, 3.8) is 0 Å². The zero-order valence-corrected chi connectivity index (χ0v) is 14.7. The molecule has 2 aromatic heterocycles. The van der Waals surface area contributed by atoms with Crippen LogP contribution < -0.4 is 0 Å². The molecule has 10 nitrogen and oxygen atoms in total. The lowest BCUT2D eigenvalue weighted by Crippen LogP contribution is -2.49. The number of hydrogen-bond donors (Lipinski definition) is 4. The second kappa shape index (κ2) is 10.4. The fourth-order valence-electron chi connectivity index (χ4n) is 2.17. The molecule has 0 radical (unpaired) electrons. The van der Waals surface area contributed by atoms with Gasteiger partial charge < -0.3 is 29.9 Å². The molecule has 4 N–H and O–H groups in total. The number of ether oxygens (including phenoxy) is 2. The number of carbonyl (C=O) groups is 2. The molecule has 0 amide bonds. The first-order valence-corrected chi connectivity index (χ1v) is 8.27. The molecule has 0 aliphatic carbocycles. The maximum atomic E-state index is 12.2. The van der Waals surface area contributed by atoms with E-state index in [-0.39, 0.29) is 11.1 Å². The Morgan fingerprint density at radius 1 is 0.929 bits per heavy atom. The van der Waals surface area contributed by atoms with Crippen LogP contribution in [0.3, 0.4) is 0 Å². The number of rotatable bonds is 9. The molecule has 10 heteroatoms. The van der Waals surface area contributed by atoms with E-state index in [2.05, 4.69) is 9.97 Å². The molecule has 2 heterocycles. The summed E-state index contributed by atoms with van der Waals surface area (Å²) < 4.78 is 10.2. The van der Waals surface area contributed by atoms with Crippen LogP contribution in [0.4, 0.5) is 0 Å². The summed E-state index contributed by atoms with van der Waals surface area (Å²) in [7, 11) is 0. The Kier molecular flexibility index (Phi) is 7.96. The highest BCUT2D eigenvalue weighted by molar-refractivity contribution is 5.89. The Bertz CT molecular complexity index is 759. The largest absolute Gasteiger partial charge is 0.458 e. The van der Waals surface area contributed by atoms with Gasteiger partial charge in [0, 0.05) is 24.8 Å². The van der Waals surface area contributed by atoms with Crippen molar-refractivity contribution in [2.45, 2.75) is 24.4 Å². The minimum atomic E-state index is -1.85. The van der Waals surface area contributed by atoms with E-state index in [1.807, 2.05) is 0 Å². The minimum absolute atomic E-state index is 0.0653.